The quantitative estimate of drug-likeness (QED) is 0.755. The highest BCUT2D eigenvalue weighted by atomic mass is 16.2. The molecule has 0 aliphatic carbocycles. The Morgan fingerprint density at radius 1 is 1.11 bits per heavy atom. The summed E-state index contributed by atoms with van der Waals surface area (Å²) in [5.74, 6) is 0.975. The van der Waals surface area contributed by atoms with Crippen LogP contribution in [0.3, 0.4) is 0 Å². The summed E-state index contributed by atoms with van der Waals surface area (Å²) in [6.07, 6.45) is 7.67. The van der Waals surface area contributed by atoms with E-state index >= 15 is 0 Å². The molecule has 27 heavy (non-hydrogen) atoms. The summed E-state index contributed by atoms with van der Waals surface area (Å²) >= 11 is 0. The largest absolute Gasteiger partial charge is 0.338 e. The third kappa shape index (κ3) is 5.01. The second kappa shape index (κ2) is 9.42. The van der Waals surface area contributed by atoms with Crippen LogP contribution in [0, 0.1) is 0 Å². The molecule has 0 saturated heterocycles. The lowest BCUT2D eigenvalue weighted by Crippen LogP contribution is -2.42. The summed E-state index contributed by atoms with van der Waals surface area (Å²) < 4.78 is 0. The molecule has 0 saturated carbocycles. The number of carbonyl (C=O) groups excluding carboxylic acids is 1. The van der Waals surface area contributed by atoms with Gasteiger partial charge in [-0.3, -0.25) is 9.69 Å². The van der Waals surface area contributed by atoms with Gasteiger partial charge in [0.1, 0.15) is 0 Å². The van der Waals surface area contributed by atoms with Gasteiger partial charge in [0.25, 0.3) is 0 Å². The average Bonchev–Trinajstić information content (AvgIpc) is 2.74. The number of amides is 1. The Morgan fingerprint density at radius 2 is 1.81 bits per heavy atom. The number of carbonyl (C=O) groups is 1. The van der Waals surface area contributed by atoms with Crippen LogP contribution >= 0.6 is 0 Å². The van der Waals surface area contributed by atoms with E-state index in [1.54, 1.807) is 12.4 Å². The predicted molar refractivity (Wildman–Crippen MR) is 109 cm³/mol. The molecule has 1 aromatic carbocycles. The van der Waals surface area contributed by atoms with Crippen LogP contribution < -0.4 is 0 Å². The van der Waals surface area contributed by atoms with Gasteiger partial charge in [-0.1, -0.05) is 44.2 Å². The normalized spacial score (nSPS) is 14.3. The first-order valence-electron chi connectivity index (χ1n) is 9.78. The third-order valence-corrected chi connectivity index (χ3v) is 4.99. The molecule has 1 aliphatic heterocycles. The van der Waals surface area contributed by atoms with Gasteiger partial charge >= 0.3 is 0 Å². The topological polar surface area (TPSA) is 49.3 Å². The van der Waals surface area contributed by atoms with Crippen molar-refractivity contribution in [3.8, 4) is 11.4 Å². The van der Waals surface area contributed by atoms with Crippen LogP contribution in [-0.4, -0.2) is 58.4 Å². The summed E-state index contributed by atoms with van der Waals surface area (Å²) in [4.78, 5) is 25.3. The highest BCUT2D eigenvalue weighted by molar-refractivity contribution is 5.80. The first kappa shape index (κ1) is 19.2. The molecule has 1 aliphatic rings. The van der Waals surface area contributed by atoms with E-state index < -0.39 is 0 Å². The molecular weight excluding hydrogens is 336 g/mol. The van der Waals surface area contributed by atoms with Crippen molar-refractivity contribution in [3.05, 3.63) is 54.4 Å². The molecule has 2 aromatic rings. The van der Waals surface area contributed by atoms with E-state index in [0.29, 0.717) is 13.1 Å². The Kier molecular flexibility index (Phi) is 6.71. The van der Waals surface area contributed by atoms with E-state index in [4.69, 9.17) is 0 Å². The molecule has 0 spiro atoms. The van der Waals surface area contributed by atoms with Crippen molar-refractivity contribution in [1.82, 2.24) is 19.8 Å². The lowest BCUT2D eigenvalue weighted by Gasteiger charge is -2.29. The van der Waals surface area contributed by atoms with Crippen molar-refractivity contribution < 1.29 is 4.79 Å². The van der Waals surface area contributed by atoms with Gasteiger partial charge < -0.3 is 4.90 Å². The Labute approximate surface area is 161 Å². The third-order valence-electron chi connectivity index (χ3n) is 4.99. The number of benzene rings is 1. The van der Waals surface area contributed by atoms with Crippen LogP contribution in [0.1, 0.15) is 32.3 Å². The summed E-state index contributed by atoms with van der Waals surface area (Å²) in [5.41, 5.74) is 3.53. The molecular formula is C22H28N4O. The number of likely N-dealkylation sites (N-methyl/N-ethyl adjacent to an activating group) is 1. The molecule has 0 unspecified atom stereocenters. The summed E-state index contributed by atoms with van der Waals surface area (Å²) in [5, 5.41) is 0. The maximum absolute atomic E-state index is 12.5. The van der Waals surface area contributed by atoms with Crippen molar-refractivity contribution >= 4 is 11.5 Å². The fourth-order valence-electron chi connectivity index (χ4n) is 3.40. The van der Waals surface area contributed by atoms with Gasteiger partial charge in [-0.2, -0.15) is 0 Å². The molecule has 0 bridgehead atoms. The molecule has 0 fully saturated rings. The van der Waals surface area contributed by atoms with E-state index in [-0.39, 0.29) is 5.91 Å². The van der Waals surface area contributed by atoms with Crippen LogP contribution in [0.5, 0.6) is 0 Å². The fraction of sp³-hybridized carbons (Fsp3) is 0.409. The van der Waals surface area contributed by atoms with Crippen molar-refractivity contribution in [1.29, 1.82) is 0 Å². The van der Waals surface area contributed by atoms with Gasteiger partial charge in [0, 0.05) is 31.0 Å². The zero-order valence-corrected chi connectivity index (χ0v) is 16.3. The molecule has 5 heteroatoms. The standard InChI is InChI=1S/C22H28N4O/c1-3-14-25(4-2)17-21(27)26-15-10-19(11-16-26)18-6-8-20(9-7-18)22-23-12-5-13-24-22/h5-10,12-13H,3-4,11,14-17H2,1-2H3. The van der Waals surface area contributed by atoms with Crippen LogP contribution in [0.4, 0.5) is 0 Å². The lowest BCUT2D eigenvalue weighted by molar-refractivity contribution is -0.132. The van der Waals surface area contributed by atoms with E-state index in [1.807, 2.05) is 11.0 Å². The first-order chi connectivity index (χ1) is 13.2. The summed E-state index contributed by atoms with van der Waals surface area (Å²) in [7, 11) is 0. The molecule has 142 valence electrons. The second-order valence-electron chi connectivity index (χ2n) is 6.84. The zero-order chi connectivity index (χ0) is 19.1. The Balaban J connectivity index is 1.61. The van der Waals surface area contributed by atoms with Gasteiger partial charge in [0.2, 0.25) is 5.91 Å². The van der Waals surface area contributed by atoms with Crippen LogP contribution in [0.2, 0.25) is 0 Å². The predicted octanol–water partition coefficient (Wildman–Crippen LogP) is 3.49. The van der Waals surface area contributed by atoms with Crippen molar-refractivity contribution in [3.63, 3.8) is 0 Å². The maximum atomic E-state index is 12.5. The van der Waals surface area contributed by atoms with Crippen LogP contribution in [0.15, 0.2) is 48.8 Å². The van der Waals surface area contributed by atoms with E-state index in [1.165, 1.54) is 11.1 Å². The molecule has 0 atom stereocenters. The smallest absolute Gasteiger partial charge is 0.237 e. The Hall–Kier alpha value is -2.53. The Morgan fingerprint density at radius 3 is 2.41 bits per heavy atom. The molecule has 1 aromatic heterocycles. The first-order valence-corrected chi connectivity index (χ1v) is 9.78. The molecule has 0 N–H and O–H groups in total. The Bertz CT molecular complexity index is 771. The van der Waals surface area contributed by atoms with Gasteiger partial charge in [-0.15, -0.1) is 0 Å². The minimum Gasteiger partial charge on any atom is -0.338 e. The molecule has 2 heterocycles. The number of rotatable bonds is 7. The molecule has 0 radical (unpaired) electrons. The minimum absolute atomic E-state index is 0.233. The monoisotopic (exact) mass is 364 g/mol. The van der Waals surface area contributed by atoms with Crippen LogP contribution in [0.25, 0.3) is 17.0 Å². The highest BCUT2D eigenvalue weighted by Crippen LogP contribution is 2.24. The minimum atomic E-state index is 0.233. The van der Waals surface area contributed by atoms with Gasteiger partial charge in [-0.05, 0) is 43.1 Å². The van der Waals surface area contributed by atoms with Gasteiger partial charge in [0.05, 0.1) is 6.54 Å². The number of nitrogens with zero attached hydrogens (tertiary/aromatic N) is 4. The molecule has 5 nitrogen and oxygen atoms in total. The summed E-state index contributed by atoms with van der Waals surface area (Å²) in [6.45, 7) is 8.18. The van der Waals surface area contributed by atoms with Crippen molar-refractivity contribution in [2.75, 3.05) is 32.7 Å². The SMILES string of the molecule is CCCN(CC)CC(=O)N1CC=C(c2ccc(-c3ncccn3)cc2)CC1. The van der Waals surface area contributed by atoms with E-state index in [9.17, 15) is 4.79 Å². The number of hydrogen-bond donors (Lipinski definition) is 0. The molecule has 3 rings (SSSR count). The van der Waals surface area contributed by atoms with Crippen molar-refractivity contribution in [2.24, 2.45) is 0 Å². The summed E-state index contributed by atoms with van der Waals surface area (Å²) in [6, 6.07) is 10.2. The van der Waals surface area contributed by atoms with Gasteiger partial charge in [0.15, 0.2) is 5.82 Å². The van der Waals surface area contributed by atoms with E-state index in [0.717, 1.165) is 43.9 Å². The van der Waals surface area contributed by atoms with Crippen LogP contribution in [-0.2, 0) is 4.79 Å². The zero-order valence-electron chi connectivity index (χ0n) is 16.3. The average molecular weight is 364 g/mol. The highest BCUT2D eigenvalue weighted by Gasteiger charge is 2.19. The molecule has 1 amide bonds. The maximum Gasteiger partial charge on any atom is 0.237 e. The number of hydrogen-bond acceptors (Lipinski definition) is 4. The fourth-order valence-corrected chi connectivity index (χ4v) is 3.40. The second-order valence-corrected chi connectivity index (χ2v) is 6.84. The van der Waals surface area contributed by atoms with Crippen molar-refractivity contribution in [2.45, 2.75) is 26.7 Å². The van der Waals surface area contributed by atoms with E-state index in [2.05, 4.69) is 59.1 Å². The van der Waals surface area contributed by atoms with Gasteiger partial charge in [-0.25, -0.2) is 9.97 Å². The number of aromatic nitrogens is 2. The lowest BCUT2D eigenvalue weighted by atomic mass is 9.98.